The molecule has 0 bridgehead atoms. The molecule has 0 radical (unpaired) electrons. The molecule has 0 unspecified atom stereocenters. The monoisotopic (exact) mass is 551 g/mol. The number of rotatable bonds is 2. The van der Waals surface area contributed by atoms with Gasteiger partial charge in [0, 0.05) is 58.4 Å². The van der Waals surface area contributed by atoms with Gasteiger partial charge in [0.25, 0.3) is 0 Å². The molecule has 0 aliphatic carbocycles. The highest BCUT2D eigenvalue weighted by molar-refractivity contribution is 6.47. The molecule has 8 nitrogen and oxygen atoms in total. The van der Waals surface area contributed by atoms with E-state index in [1.165, 1.54) is 0 Å². The summed E-state index contributed by atoms with van der Waals surface area (Å²) in [6.45, 7) is 2.94. The molecule has 3 aliphatic rings. The summed E-state index contributed by atoms with van der Waals surface area (Å²) in [5.74, 6) is -2.74. The number of esters is 2. The number of alkyl halides is 3. The first-order valence-corrected chi connectivity index (χ1v) is 12.7. The van der Waals surface area contributed by atoms with Gasteiger partial charge in [-0.25, -0.2) is 14.4 Å². The third-order valence-electron chi connectivity index (χ3n) is 7.93. The van der Waals surface area contributed by atoms with Crippen molar-refractivity contribution in [3.8, 4) is 0 Å². The molecular formula is C29H24F3N3O5. The minimum atomic E-state index is -5.08. The number of benzene rings is 2. The molecule has 2 N–H and O–H groups in total. The number of para-hydroxylation sites is 2. The van der Waals surface area contributed by atoms with Crippen LogP contribution < -0.4 is 5.32 Å². The number of carboxylic acid groups (broad SMARTS) is 1. The Morgan fingerprint density at radius 3 is 2.25 bits per heavy atom. The van der Waals surface area contributed by atoms with Crippen molar-refractivity contribution >= 4 is 50.9 Å². The predicted octanol–water partition coefficient (Wildman–Crippen LogP) is 4.15. The molecule has 7 rings (SSSR count). The number of cyclic esters (lactones) is 2. The maximum absolute atomic E-state index is 13.2. The van der Waals surface area contributed by atoms with Crippen LogP contribution >= 0.6 is 0 Å². The van der Waals surface area contributed by atoms with E-state index >= 15 is 0 Å². The number of carbonyl (C=O) groups excluding carboxylic acids is 2. The predicted molar refractivity (Wildman–Crippen MR) is 140 cm³/mol. The highest BCUT2D eigenvalue weighted by Crippen LogP contribution is 2.45. The molecule has 206 valence electrons. The SMILES string of the molecule is Cn1cc(C2=C(c3c4n(c5ccccc35)C[C@H]3CNC[C@H]3C4)C(=O)OC2=O)c2ccccc21.O=C(O)C(F)(F)F. The maximum Gasteiger partial charge on any atom is 0.490 e. The second-order valence-corrected chi connectivity index (χ2v) is 10.2. The van der Waals surface area contributed by atoms with Gasteiger partial charge in [0.05, 0.1) is 11.1 Å². The van der Waals surface area contributed by atoms with Crippen molar-refractivity contribution in [3.63, 3.8) is 0 Å². The van der Waals surface area contributed by atoms with Gasteiger partial charge in [-0.2, -0.15) is 13.2 Å². The normalized spacial score (nSPS) is 20.4. The van der Waals surface area contributed by atoms with Crippen LogP contribution in [0.15, 0.2) is 54.7 Å². The topological polar surface area (TPSA) is 103 Å². The molecule has 4 aromatic rings. The average Bonchev–Trinajstić information content (AvgIpc) is 3.65. The zero-order valence-corrected chi connectivity index (χ0v) is 21.3. The molecule has 11 heteroatoms. The number of aryl methyl sites for hydroxylation is 1. The molecule has 40 heavy (non-hydrogen) atoms. The lowest BCUT2D eigenvalue weighted by atomic mass is 9.85. The summed E-state index contributed by atoms with van der Waals surface area (Å²) in [6, 6.07) is 16.2. The van der Waals surface area contributed by atoms with Gasteiger partial charge in [-0.05, 0) is 43.5 Å². The first kappa shape index (κ1) is 25.9. The Kier molecular flexibility index (Phi) is 6.06. The van der Waals surface area contributed by atoms with Gasteiger partial charge in [-0.3, -0.25) is 0 Å². The molecule has 0 amide bonds. The van der Waals surface area contributed by atoms with Crippen molar-refractivity contribution in [2.24, 2.45) is 18.9 Å². The molecule has 1 fully saturated rings. The Labute approximate surface area is 225 Å². The quantitative estimate of drug-likeness (QED) is 0.287. The number of fused-ring (bicyclic) bond motifs is 5. The van der Waals surface area contributed by atoms with E-state index in [4.69, 9.17) is 14.6 Å². The van der Waals surface area contributed by atoms with E-state index in [9.17, 15) is 22.8 Å². The number of aromatic nitrogens is 2. The van der Waals surface area contributed by atoms with Crippen LogP contribution in [0.2, 0.25) is 0 Å². The van der Waals surface area contributed by atoms with E-state index in [1.807, 2.05) is 54.2 Å². The Balaban J connectivity index is 0.000000370. The van der Waals surface area contributed by atoms with Crippen LogP contribution in [0.25, 0.3) is 33.0 Å². The fraction of sp³-hybridized carbons (Fsp3) is 0.276. The summed E-state index contributed by atoms with van der Waals surface area (Å²) in [7, 11) is 1.96. The highest BCUT2D eigenvalue weighted by Gasteiger charge is 2.42. The van der Waals surface area contributed by atoms with Gasteiger partial charge < -0.3 is 24.3 Å². The zero-order valence-electron chi connectivity index (χ0n) is 21.3. The average molecular weight is 552 g/mol. The minimum Gasteiger partial charge on any atom is -0.475 e. The third kappa shape index (κ3) is 4.08. The number of ether oxygens (including phenoxy) is 1. The molecule has 0 saturated carbocycles. The van der Waals surface area contributed by atoms with Gasteiger partial charge in [0.15, 0.2) is 0 Å². The lowest BCUT2D eigenvalue weighted by Gasteiger charge is -2.28. The van der Waals surface area contributed by atoms with E-state index in [0.717, 1.165) is 64.7 Å². The number of carbonyl (C=O) groups is 3. The Bertz CT molecular complexity index is 1750. The van der Waals surface area contributed by atoms with Crippen LogP contribution in [0.3, 0.4) is 0 Å². The van der Waals surface area contributed by atoms with Crippen LogP contribution in [0.4, 0.5) is 13.2 Å². The van der Waals surface area contributed by atoms with Gasteiger partial charge in [-0.15, -0.1) is 0 Å². The number of halogens is 3. The molecule has 1 saturated heterocycles. The van der Waals surface area contributed by atoms with Crippen LogP contribution in [0.1, 0.15) is 16.8 Å². The summed E-state index contributed by atoms with van der Waals surface area (Å²) in [5, 5.41) is 12.6. The number of aliphatic carboxylic acids is 1. The second kappa shape index (κ2) is 9.37. The lowest BCUT2D eigenvalue weighted by molar-refractivity contribution is -0.192. The number of nitrogens with zero attached hydrogens (tertiary/aromatic N) is 2. The van der Waals surface area contributed by atoms with Crippen LogP contribution in [-0.4, -0.2) is 51.4 Å². The smallest absolute Gasteiger partial charge is 0.475 e. The number of carboxylic acids is 1. The van der Waals surface area contributed by atoms with E-state index in [0.29, 0.717) is 23.0 Å². The van der Waals surface area contributed by atoms with Gasteiger partial charge >= 0.3 is 24.1 Å². The van der Waals surface area contributed by atoms with E-state index < -0.39 is 24.1 Å². The molecule has 2 aromatic carbocycles. The molecule has 2 atom stereocenters. The van der Waals surface area contributed by atoms with Crippen molar-refractivity contribution in [2.45, 2.75) is 19.1 Å². The lowest BCUT2D eigenvalue weighted by Crippen LogP contribution is -2.28. The van der Waals surface area contributed by atoms with E-state index in [-0.39, 0.29) is 0 Å². The first-order valence-electron chi connectivity index (χ1n) is 12.7. The van der Waals surface area contributed by atoms with Crippen LogP contribution in [0, 0.1) is 11.8 Å². The summed E-state index contributed by atoms with van der Waals surface area (Å²) in [6.07, 6.45) is -2.27. The maximum atomic E-state index is 13.2. The Morgan fingerprint density at radius 1 is 0.950 bits per heavy atom. The van der Waals surface area contributed by atoms with Crippen LogP contribution in [-0.2, 0) is 39.1 Å². The second-order valence-electron chi connectivity index (χ2n) is 10.2. The highest BCUT2D eigenvalue weighted by atomic mass is 19.4. The molecule has 5 heterocycles. The van der Waals surface area contributed by atoms with Crippen LogP contribution in [0.5, 0.6) is 0 Å². The fourth-order valence-corrected chi connectivity index (χ4v) is 6.18. The minimum absolute atomic E-state index is 0.377. The van der Waals surface area contributed by atoms with Crippen molar-refractivity contribution in [1.82, 2.24) is 14.5 Å². The largest absolute Gasteiger partial charge is 0.490 e. The Hall–Kier alpha value is -4.38. The third-order valence-corrected chi connectivity index (χ3v) is 7.93. The fourth-order valence-electron chi connectivity index (χ4n) is 6.18. The van der Waals surface area contributed by atoms with Gasteiger partial charge in [0.1, 0.15) is 0 Å². The van der Waals surface area contributed by atoms with Gasteiger partial charge in [0.2, 0.25) is 0 Å². The summed E-state index contributed by atoms with van der Waals surface area (Å²) in [5.41, 5.74) is 5.67. The van der Waals surface area contributed by atoms with E-state index in [1.54, 1.807) is 0 Å². The number of hydrogen-bond donors (Lipinski definition) is 2. The Morgan fingerprint density at radius 2 is 1.55 bits per heavy atom. The summed E-state index contributed by atoms with van der Waals surface area (Å²) >= 11 is 0. The molecule has 2 aromatic heterocycles. The van der Waals surface area contributed by atoms with Crippen molar-refractivity contribution in [1.29, 1.82) is 0 Å². The number of hydrogen-bond acceptors (Lipinski definition) is 5. The summed E-state index contributed by atoms with van der Waals surface area (Å²) < 4.78 is 41.4. The summed E-state index contributed by atoms with van der Waals surface area (Å²) in [4.78, 5) is 35.2. The van der Waals surface area contributed by atoms with Crippen molar-refractivity contribution in [2.75, 3.05) is 13.1 Å². The molecule has 3 aliphatic heterocycles. The van der Waals surface area contributed by atoms with Gasteiger partial charge in [-0.1, -0.05) is 36.4 Å². The van der Waals surface area contributed by atoms with Crippen molar-refractivity contribution < 1.29 is 37.4 Å². The standard InChI is InChI=1S/C27H23N3O3.C2HF3O2/c1-29-14-19(17-6-2-4-8-20(17)29)24-25(27(32)33-26(24)31)23-18-7-3-5-9-21(18)30-13-16-12-28-11-15(16)10-22(23)30;3-2(4,5)1(6)7/h2-9,14-16,28H,10-13H2,1H3;(H,6,7)/t15-,16-;/m1./s1. The zero-order chi connectivity index (χ0) is 28.3. The number of nitrogens with one attached hydrogen (secondary N) is 1. The molecular weight excluding hydrogens is 527 g/mol. The van der Waals surface area contributed by atoms with Crippen molar-refractivity contribution in [3.05, 3.63) is 71.5 Å². The molecule has 0 spiro atoms. The first-order chi connectivity index (χ1) is 19.1. The van der Waals surface area contributed by atoms with E-state index in [2.05, 4.69) is 22.0 Å².